The van der Waals surface area contributed by atoms with Crippen molar-refractivity contribution in [2.75, 3.05) is 26.2 Å². The van der Waals surface area contributed by atoms with E-state index in [9.17, 15) is 9.90 Å². The van der Waals surface area contributed by atoms with Gasteiger partial charge in [0.1, 0.15) is 6.04 Å². The molecule has 0 aliphatic carbocycles. The Balaban J connectivity index is 3.77. The van der Waals surface area contributed by atoms with Gasteiger partial charge in [-0.2, -0.15) is 0 Å². The third-order valence-electron chi connectivity index (χ3n) is 3.61. The van der Waals surface area contributed by atoms with Crippen LogP contribution in [-0.2, 0) is 4.79 Å². The number of carboxylic acid groups (broad SMARTS) is 1. The molecule has 0 saturated heterocycles. The van der Waals surface area contributed by atoms with Crippen molar-refractivity contribution >= 4 is 5.97 Å². The van der Waals surface area contributed by atoms with Crippen LogP contribution in [0.3, 0.4) is 0 Å². The van der Waals surface area contributed by atoms with Crippen molar-refractivity contribution in [1.29, 1.82) is 0 Å². The Morgan fingerprint density at radius 2 is 1.74 bits per heavy atom. The Kier molecular flexibility index (Phi) is 12.0. The molecule has 0 radical (unpaired) electrons. The van der Waals surface area contributed by atoms with Crippen LogP contribution in [0.25, 0.3) is 0 Å². The minimum absolute atomic E-state index is 0.378. The summed E-state index contributed by atoms with van der Waals surface area (Å²) in [7, 11) is 0. The quantitative estimate of drug-likeness (QED) is 0.506. The molecule has 19 heavy (non-hydrogen) atoms. The van der Waals surface area contributed by atoms with Crippen molar-refractivity contribution in [3.05, 3.63) is 0 Å². The maximum atomic E-state index is 11.2. The van der Waals surface area contributed by atoms with Crippen LogP contribution < -0.4 is 5.32 Å². The summed E-state index contributed by atoms with van der Waals surface area (Å²) in [5, 5.41) is 12.3. The van der Waals surface area contributed by atoms with Gasteiger partial charge in [0.2, 0.25) is 0 Å². The molecule has 0 spiro atoms. The second-order valence-electron chi connectivity index (χ2n) is 5.07. The van der Waals surface area contributed by atoms with Crippen molar-refractivity contribution in [3.8, 4) is 0 Å². The van der Waals surface area contributed by atoms with E-state index in [0.717, 1.165) is 45.4 Å². The molecule has 1 unspecified atom stereocenters. The van der Waals surface area contributed by atoms with E-state index in [-0.39, 0.29) is 6.04 Å². The van der Waals surface area contributed by atoms with E-state index in [2.05, 4.69) is 31.0 Å². The second-order valence-corrected chi connectivity index (χ2v) is 5.07. The molecule has 0 heterocycles. The van der Waals surface area contributed by atoms with Crippen LogP contribution >= 0.6 is 0 Å². The molecule has 114 valence electrons. The number of carboxylic acids is 1. The Bertz CT molecular complexity index is 218. The molecule has 0 aliphatic rings. The van der Waals surface area contributed by atoms with Gasteiger partial charge in [-0.3, -0.25) is 4.79 Å². The molecule has 0 saturated carbocycles. The van der Waals surface area contributed by atoms with Crippen LogP contribution in [0.2, 0.25) is 0 Å². The molecule has 0 bridgehead atoms. The van der Waals surface area contributed by atoms with Gasteiger partial charge in [-0.25, -0.2) is 0 Å². The molecule has 2 N–H and O–H groups in total. The summed E-state index contributed by atoms with van der Waals surface area (Å²) in [4.78, 5) is 13.5. The van der Waals surface area contributed by atoms with Crippen LogP contribution in [0.4, 0.5) is 0 Å². The monoisotopic (exact) mass is 272 g/mol. The molecule has 0 aromatic carbocycles. The molecule has 0 aromatic rings. The second kappa shape index (κ2) is 12.4. The van der Waals surface area contributed by atoms with E-state index in [1.54, 1.807) is 0 Å². The zero-order chi connectivity index (χ0) is 14.5. The number of likely N-dealkylation sites (N-methyl/N-ethyl adjacent to an activating group) is 1. The molecule has 0 aromatic heterocycles. The van der Waals surface area contributed by atoms with Gasteiger partial charge in [-0.15, -0.1) is 0 Å². The number of unbranched alkanes of at least 4 members (excludes halogenated alkanes) is 4. The number of nitrogens with zero attached hydrogens (tertiary/aromatic N) is 1. The number of aliphatic carboxylic acids is 1. The lowest BCUT2D eigenvalue weighted by molar-refractivity contribution is -0.139. The van der Waals surface area contributed by atoms with Gasteiger partial charge in [-0.1, -0.05) is 52.9 Å². The maximum absolute atomic E-state index is 11.2. The number of nitrogens with one attached hydrogen (secondary N) is 1. The van der Waals surface area contributed by atoms with Crippen molar-refractivity contribution in [3.63, 3.8) is 0 Å². The minimum Gasteiger partial charge on any atom is -0.480 e. The zero-order valence-corrected chi connectivity index (χ0v) is 13.0. The van der Waals surface area contributed by atoms with E-state index in [0.29, 0.717) is 0 Å². The van der Waals surface area contributed by atoms with Gasteiger partial charge in [0, 0.05) is 13.1 Å². The van der Waals surface area contributed by atoms with Crippen molar-refractivity contribution in [2.24, 2.45) is 0 Å². The van der Waals surface area contributed by atoms with Gasteiger partial charge >= 0.3 is 5.97 Å². The third kappa shape index (κ3) is 9.91. The summed E-state index contributed by atoms with van der Waals surface area (Å²) in [5.74, 6) is -0.713. The van der Waals surface area contributed by atoms with E-state index in [1.165, 1.54) is 19.3 Å². The largest absolute Gasteiger partial charge is 0.480 e. The fourth-order valence-corrected chi connectivity index (χ4v) is 2.20. The van der Waals surface area contributed by atoms with Gasteiger partial charge in [-0.05, 0) is 19.5 Å². The van der Waals surface area contributed by atoms with Gasteiger partial charge in [0.05, 0.1) is 0 Å². The van der Waals surface area contributed by atoms with Crippen LogP contribution in [-0.4, -0.2) is 48.2 Å². The van der Waals surface area contributed by atoms with E-state index in [1.807, 2.05) is 0 Å². The first-order valence-electron chi connectivity index (χ1n) is 7.84. The summed E-state index contributed by atoms with van der Waals surface area (Å²) in [6.45, 7) is 10.2. The Morgan fingerprint density at radius 3 is 2.26 bits per heavy atom. The summed E-state index contributed by atoms with van der Waals surface area (Å²) < 4.78 is 0. The topological polar surface area (TPSA) is 52.6 Å². The number of rotatable bonds is 13. The minimum atomic E-state index is -0.713. The first kappa shape index (κ1) is 18.4. The standard InChI is InChI=1S/C15H32N2O2/c1-4-7-8-9-10-11-14(15(18)19)16-12-13-17(5-2)6-3/h14,16H,4-13H2,1-3H3,(H,18,19). The highest BCUT2D eigenvalue weighted by Crippen LogP contribution is 2.07. The molecule has 1 atom stereocenters. The lowest BCUT2D eigenvalue weighted by Crippen LogP contribution is -2.41. The fourth-order valence-electron chi connectivity index (χ4n) is 2.20. The van der Waals surface area contributed by atoms with E-state index < -0.39 is 5.97 Å². The van der Waals surface area contributed by atoms with Gasteiger partial charge < -0.3 is 15.3 Å². The van der Waals surface area contributed by atoms with Crippen LogP contribution in [0.1, 0.15) is 59.3 Å². The molecule has 0 rings (SSSR count). The Hall–Kier alpha value is -0.610. The Labute approximate surface area is 118 Å². The van der Waals surface area contributed by atoms with E-state index >= 15 is 0 Å². The van der Waals surface area contributed by atoms with Crippen LogP contribution in [0.5, 0.6) is 0 Å². The molecule has 4 nitrogen and oxygen atoms in total. The highest BCUT2D eigenvalue weighted by Gasteiger charge is 2.15. The van der Waals surface area contributed by atoms with Crippen molar-refractivity contribution < 1.29 is 9.90 Å². The first-order valence-corrected chi connectivity index (χ1v) is 7.84. The lowest BCUT2D eigenvalue weighted by Gasteiger charge is -2.20. The molecular formula is C15H32N2O2. The fraction of sp³-hybridized carbons (Fsp3) is 0.933. The zero-order valence-electron chi connectivity index (χ0n) is 13.0. The molecular weight excluding hydrogens is 240 g/mol. The normalized spacial score (nSPS) is 12.8. The first-order chi connectivity index (χ1) is 9.15. The lowest BCUT2D eigenvalue weighted by atomic mass is 10.1. The molecule has 0 amide bonds. The number of hydrogen-bond acceptors (Lipinski definition) is 3. The predicted octanol–water partition coefficient (Wildman–Crippen LogP) is 2.73. The maximum Gasteiger partial charge on any atom is 0.320 e. The van der Waals surface area contributed by atoms with Crippen LogP contribution in [0, 0.1) is 0 Å². The highest BCUT2D eigenvalue weighted by molar-refractivity contribution is 5.73. The summed E-state index contributed by atoms with van der Waals surface area (Å²) in [6, 6.07) is -0.378. The van der Waals surface area contributed by atoms with Gasteiger partial charge in [0.25, 0.3) is 0 Å². The van der Waals surface area contributed by atoms with E-state index in [4.69, 9.17) is 0 Å². The third-order valence-corrected chi connectivity index (χ3v) is 3.61. The average molecular weight is 272 g/mol. The van der Waals surface area contributed by atoms with Gasteiger partial charge in [0.15, 0.2) is 0 Å². The highest BCUT2D eigenvalue weighted by atomic mass is 16.4. The SMILES string of the molecule is CCCCCCCC(NCCN(CC)CC)C(=O)O. The summed E-state index contributed by atoms with van der Waals surface area (Å²) >= 11 is 0. The molecule has 4 heteroatoms. The van der Waals surface area contributed by atoms with Crippen molar-refractivity contribution in [2.45, 2.75) is 65.3 Å². The Morgan fingerprint density at radius 1 is 1.11 bits per heavy atom. The smallest absolute Gasteiger partial charge is 0.320 e. The number of carbonyl (C=O) groups is 1. The molecule has 0 fully saturated rings. The molecule has 0 aliphatic heterocycles. The summed E-state index contributed by atoms with van der Waals surface area (Å²) in [5.41, 5.74) is 0. The average Bonchev–Trinajstić information content (AvgIpc) is 2.40. The summed E-state index contributed by atoms with van der Waals surface area (Å²) in [6.07, 6.45) is 6.61. The number of hydrogen-bond donors (Lipinski definition) is 2. The van der Waals surface area contributed by atoms with Crippen molar-refractivity contribution in [1.82, 2.24) is 10.2 Å². The van der Waals surface area contributed by atoms with Crippen LogP contribution in [0.15, 0.2) is 0 Å². The predicted molar refractivity (Wildman–Crippen MR) is 80.6 cm³/mol.